The van der Waals surface area contributed by atoms with Crippen LogP contribution in [0.2, 0.25) is 0 Å². The Morgan fingerprint density at radius 3 is 2.37 bits per heavy atom. The standard InChI is InChI=1S/C29H31F2N7O3/c1-2-17-11-32-29(33-12-17)36-7-5-20(6-8-36)38-13-22(31)26-23(34-16-35-27(26)38)10-18-3-4-19(9-21(18)30)28(41)37-14-24(39)25(40)15-37/h3-4,9,11-13,16,20,24-25,39-40H,2,5-8,10,14-15H2,1H3/t24-,25-/m1/s1. The highest BCUT2D eigenvalue weighted by molar-refractivity contribution is 5.94. The van der Waals surface area contributed by atoms with Crippen LogP contribution in [0.5, 0.6) is 0 Å². The zero-order chi connectivity index (χ0) is 28.7. The molecule has 1 aromatic carbocycles. The molecule has 10 nitrogen and oxygen atoms in total. The lowest BCUT2D eigenvalue weighted by atomic mass is 10.0. The Morgan fingerprint density at radius 1 is 1.00 bits per heavy atom. The minimum Gasteiger partial charge on any atom is -0.388 e. The first-order valence-electron chi connectivity index (χ1n) is 13.8. The molecule has 2 atom stereocenters. The van der Waals surface area contributed by atoms with E-state index in [1.165, 1.54) is 29.6 Å². The first-order valence-corrected chi connectivity index (χ1v) is 13.8. The van der Waals surface area contributed by atoms with E-state index in [1.807, 2.05) is 17.0 Å². The average Bonchev–Trinajstić information content (AvgIpc) is 3.52. The molecule has 0 aliphatic carbocycles. The summed E-state index contributed by atoms with van der Waals surface area (Å²) in [6.07, 6.45) is 6.89. The molecule has 0 saturated carbocycles. The molecule has 2 N–H and O–H groups in total. The molecule has 41 heavy (non-hydrogen) atoms. The number of carbonyl (C=O) groups excluding carboxylic acids is 1. The molecule has 0 bridgehead atoms. The SMILES string of the molecule is CCc1cnc(N2CCC(n3cc(F)c4c(Cc5ccc(C(=O)N6C[C@@H](O)[C@H](O)C6)cc5F)ncnc43)CC2)nc1. The van der Waals surface area contributed by atoms with Crippen molar-refractivity contribution in [2.45, 2.75) is 50.9 Å². The number of fused-ring (bicyclic) bond motifs is 1. The number of aliphatic hydroxyl groups excluding tert-OH is 2. The molecule has 0 radical (unpaired) electrons. The predicted molar refractivity (Wildman–Crippen MR) is 147 cm³/mol. The third-order valence-corrected chi connectivity index (χ3v) is 8.09. The largest absolute Gasteiger partial charge is 0.388 e. The molecule has 5 heterocycles. The summed E-state index contributed by atoms with van der Waals surface area (Å²) in [5, 5.41) is 19.7. The molecular formula is C29H31F2N7O3. The van der Waals surface area contributed by atoms with Gasteiger partial charge in [-0.2, -0.15) is 0 Å². The highest BCUT2D eigenvalue weighted by Crippen LogP contribution is 2.31. The molecular weight excluding hydrogens is 532 g/mol. The van der Waals surface area contributed by atoms with Gasteiger partial charge in [0.1, 0.15) is 17.8 Å². The second-order valence-corrected chi connectivity index (χ2v) is 10.7. The van der Waals surface area contributed by atoms with E-state index in [9.17, 15) is 15.0 Å². The van der Waals surface area contributed by atoms with Gasteiger partial charge in [-0.05, 0) is 42.5 Å². The Balaban J connectivity index is 1.18. The van der Waals surface area contributed by atoms with Crippen molar-refractivity contribution in [2.24, 2.45) is 0 Å². The number of amides is 1. The maximum absolute atomic E-state index is 15.3. The first-order chi connectivity index (χ1) is 19.8. The Labute approximate surface area is 235 Å². The minimum absolute atomic E-state index is 0.0165. The van der Waals surface area contributed by atoms with Crippen LogP contribution in [0.1, 0.15) is 53.0 Å². The van der Waals surface area contributed by atoms with Crippen molar-refractivity contribution >= 4 is 22.9 Å². The molecule has 1 amide bonds. The van der Waals surface area contributed by atoms with Crippen molar-refractivity contribution in [3.8, 4) is 0 Å². The zero-order valence-electron chi connectivity index (χ0n) is 22.6. The number of β-amino-alcohol motifs (C(OH)–C–C–N with tert-alkyl or cyclic N) is 2. The number of hydrogen-bond acceptors (Lipinski definition) is 8. The number of rotatable bonds is 6. The molecule has 4 aromatic rings. The summed E-state index contributed by atoms with van der Waals surface area (Å²) in [5.74, 6) is -0.868. The van der Waals surface area contributed by atoms with Gasteiger partial charge < -0.3 is 24.6 Å². The van der Waals surface area contributed by atoms with Crippen LogP contribution in [0.25, 0.3) is 11.0 Å². The number of aryl methyl sites for hydroxylation is 1. The van der Waals surface area contributed by atoms with E-state index in [0.29, 0.717) is 17.3 Å². The van der Waals surface area contributed by atoms with Crippen LogP contribution >= 0.6 is 0 Å². The highest BCUT2D eigenvalue weighted by atomic mass is 19.1. The van der Waals surface area contributed by atoms with Crippen molar-refractivity contribution in [3.05, 3.63) is 77.1 Å². The Hall–Kier alpha value is -4.03. The third-order valence-electron chi connectivity index (χ3n) is 8.09. The second kappa shape index (κ2) is 11.1. The lowest BCUT2D eigenvalue weighted by molar-refractivity contribution is 0.0572. The molecule has 2 fully saturated rings. The molecule has 0 spiro atoms. The summed E-state index contributed by atoms with van der Waals surface area (Å²) in [6.45, 7) is 3.47. The van der Waals surface area contributed by atoms with Gasteiger partial charge in [-0.3, -0.25) is 4.79 Å². The quantitative estimate of drug-likeness (QED) is 0.368. The fourth-order valence-corrected chi connectivity index (χ4v) is 5.67. The third kappa shape index (κ3) is 5.24. The molecule has 2 aliphatic heterocycles. The van der Waals surface area contributed by atoms with E-state index >= 15 is 8.78 Å². The zero-order valence-corrected chi connectivity index (χ0v) is 22.6. The van der Waals surface area contributed by atoms with Gasteiger partial charge in [-0.15, -0.1) is 0 Å². The van der Waals surface area contributed by atoms with Gasteiger partial charge in [0.2, 0.25) is 5.95 Å². The van der Waals surface area contributed by atoms with Gasteiger partial charge in [0.15, 0.2) is 5.82 Å². The van der Waals surface area contributed by atoms with E-state index in [1.54, 1.807) is 0 Å². The van der Waals surface area contributed by atoms with Gasteiger partial charge in [-0.1, -0.05) is 13.0 Å². The van der Waals surface area contributed by atoms with E-state index in [4.69, 9.17) is 0 Å². The molecule has 214 valence electrons. The van der Waals surface area contributed by atoms with Crippen molar-refractivity contribution in [3.63, 3.8) is 0 Å². The number of aromatic nitrogens is 5. The van der Waals surface area contributed by atoms with Crippen molar-refractivity contribution in [1.29, 1.82) is 0 Å². The maximum atomic E-state index is 15.3. The fourth-order valence-electron chi connectivity index (χ4n) is 5.67. The lowest BCUT2D eigenvalue weighted by Crippen LogP contribution is -2.35. The van der Waals surface area contributed by atoms with E-state index < -0.39 is 29.7 Å². The van der Waals surface area contributed by atoms with E-state index in [-0.39, 0.29) is 42.1 Å². The van der Waals surface area contributed by atoms with Crippen LogP contribution in [0.15, 0.2) is 43.1 Å². The van der Waals surface area contributed by atoms with E-state index in [0.717, 1.165) is 44.0 Å². The number of aliphatic hydroxyl groups is 2. The van der Waals surface area contributed by atoms with Crippen LogP contribution in [-0.2, 0) is 12.8 Å². The molecule has 6 rings (SSSR count). The summed E-state index contributed by atoms with van der Waals surface area (Å²) in [6, 6.07) is 4.13. The molecule has 0 unspecified atom stereocenters. The number of nitrogens with zero attached hydrogens (tertiary/aromatic N) is 7. The van der Waals surface area contributed by atoms with Gasteiger partial charge in [-0.25, -0.2) is 28.7 Å². The van der Waals surface area contributed by atoms with Crippen LogP contribution in [0, 0.1) is 11.6 Å². The summed E-state index contributed by atoms with van der Waals surface area (Å²) in [5.41, 5.74) is 2.28. The number of piperidine rings is 1. The number of anilines is 1. The van der Waals surface area contributed by atoms with Crippen LogP contribution in [0.3, 0.4) is 0 Å². The first kappa shape index (κ1) is 27.2. The molecule has 12 heteroatoms. The Kier molecular flexibility index (Phi) is 7.35. The molecule has 2 saturated heterocycles. The lowest BCUT2D eigenvalue weighted by Gasteiger charge is -2.32. The Bertz CT molecular complexity index is 1560. The van der Waals surface area contributed by atoms with Crippen molar-refractivity contribution < 1.29 is 23.8 Å². The molecule has 3 aromatic heterocycles. The molecule has 2 aliphatic rings. The number of hydrogen-bond donors (Lipinski definition) is 2. The summed E-state index contributed by atoms with van der Waals surface area (Å²) >= 11 is 0. The fraction of sp³-hybridized carbons (Fsp3) is 0.414. The van der Waals surface area contributed by atoms with Gasteiger partial charge in [0.05, 0.1) is 23.3 Å². The van der Waals surface area contributed by atoms with Crippen molar-refractivity contribution in [2.75, 3.05) is 31.1 Å². The van der Waals surface area contributed by atoms with E-state index in [2.05, 4.69) is 31.8 Å². The van der Waals surface area contributed by atoms with Crippen LogP contribution in [0.4, 0.5) is 14.7 Å². The Morgan fingerprint density at radius 2 is 1.71 bits per heavy atom. The number of carbonyl (C=O) groups is 1. The smallest absolute Gasteiger partial charge is 0.254 e. The summed E-state index contributed by atoms with van der Waals surface area (Å²) < 4.78 is 32.3. The number of benzene rings is 1. The number of likely N-dealkylation sites (tertiary alicyclic amines) is 1. The monoisotopic (exact) mass is 563 g/mol. The van der Waals surface area contributed by atoms with Crippen LogP contribution < -0.4 is 4.90 Å². The summed E-state index contributed by atoms with van der Waals surface area (Å²) in [7, 11) is 0. The highest BCUT2D eigenvalue weighted by Gasteiger charge is 2.33. The second-order valence-electron chi connectivity index (χ2n) is 10.7. The van der Waals surface area contributed by atoms with Crippen molar-refractivity contribution in [1.82, 2.24) is 29.4 Å². The predicted octanol–water partition coefficient (Wildman–Crippen LogP) is 2.67. The maximum Gasteiger partial charge on any atom is 0.254 e. The van der Waals surface area contributed by atoms with Gasteiger partial charge in [0, 0.05) is 62.8 Å². The normalized spacial score (nSPS) is 19.8. The summed E-state index contributed by atoms with van der Waals surface area (Å²) in [4.78, 5) is 33.7. The van der Waals surface area contributed by atoms with Gasteiger partial charge in [0.25, 0.3) is 5.91 Å². The number of halogens is 2. The average molecular weight is 564 g/mol. The minimum atomic E-state index is -1.02. The van der Waals surface area contributed by atoms with Crippen LogP contribution in [-0.4, -0.2) is 83.9 Å². The topological polar surface area (TPSA) is 121 Å². The van der Waals surface area contributed by atoms with Gasteiger partial charge >= 0.3 is 0 Å².